The maximum atomic E-state index is 10.8. The van der Waals surface area contributed by atoms with Crippen LogP contribution in [0.5, 0.6) is 0 Å². The standard InChI is InChI=1S/C19H20N2O2/c22-19(23)11-6-14-21-17-10-5-4-9-16(17)20-18(21)13-12-15-7-2-1-3-8-15/h1-5,7-10H,6,11-14H2,(H,22,23). The second-order valence-corrected chi connectivity index (χ2v) is 5.65. The molecule has 0 fully saturated rings. The summed E-state index contributed by atoms with van der Waals surface area (Å²) < 4.78 is 2.17. The molecule has 23 heavy (non-hydrogen) atoms. The van der Waals surface area contributed by atoms with E-state index in [9.17, 15) is 4.79 Å². The first-order valence-electron chi connectivity index (χ1n) is 7.94. The Balaban J connectivity index is 1.81. The van der Waals surface area contributed by atoms with Crippen LogP contribution in [-0.4, -0.2) is 20.6 Å². The lowest BCUT2D eigenvalue weighted by molar-refractivity contribution is -0.137. The topological polar surface area (TPSA) is 55.1 Å². The SMILES string of the molecule is O=C(O)CCCn1c(CCc2ccccc2)nc2ccccc21. The van der Waals surface area contributed by atoms with Crippen molar-refractivity contribution in [2.45, 2.75) is 32.2 Å². The number of aryl methyl sites for hydroxylation is 3. The molecule has 1 aromatic heterocycles. The van der Waals surface area contributed by atoms with Crippen molar-refractivity contribution >= 4 is 17.0 Å². The highest BCUT2D eigenvalue weighted by Gasteiger charge is 2.10. The second kappa shape index (κ2) is 7.09. The van der Waals surface area contributed by atoms with E-state index in [0.717, 1.165) is 29.7 Å². The predicted molar refractivity (Wildman–Crippen MR) is 90.5 cm³/mol. The van der Waals surface area contributed by atoms with Crippen molar-refractivity contribution in [3.8, 4) is 0 Å². The molecule has 3 aromatic rings. The number of carbonyl (C=O) groups is 1. The highest BCUT2D eigenvalue weighted by molar-refractivity contribution is 5.76. The van der Waals surface area contributed by atoms with Gasteiger partial charge in [0.05, 0.1) is 11.0 Å². The molecule has 1 heterocycles. The van der Waals surface area contributed by atoms with Crippen LogP contribution in [0.25, 0.3) is 11.0 Å². The highest BCUT2D eigenvalue weighted by Crippen LogP contribution is 2.18. The summed E-state index contributed by atoms with van der Waals surface area (Å²) in [6.07, 6.45) is 2.59. The van der Waals surface area contributed by atoms with Crippen LogP contribution in [0.15, 0.2) is 54.6 Å². The van der Waals surface area contributed by atoms with Gasteiger partial charge < -0.3 is 9.67 Å². The molecule has 2 aromatic carbocycles. The van der Waals surface area contributed by atoms with Crippen molar-refractivity contribution in [1.82, 2.24) is 9.55 Å². The van der Waals surface area contributed by atoms with Crippen LogP contribution in [0.4, 0.5) is 0 Å². The van der Waals surface area contributed by atoms with Crippen molar-refractivity contribution in [1.29, 1.82) is 0 Å². The summed E-state index contributed by atoms with van der Waals surface area (Å²) in [6.45, 7) is 0.691. The van der Waals surface area contributed by atoms with Crippen LogP contribution < -0.4 is 0 Å². The first-order valence-corrected chi connectivity index (χ1v) is 7.94. The van der Waals surface area contributed by atoms with Crippen molar-refractivity contribution in [3.63, 3.8) is 0 Å². The molecule has 0 bridgehead atoms. The zero-order chi connectivity index (χ0) is 16.1. The lowest BCUT2D eigenvalue weighted by atomic mass is 10.1. The number of nitrogens with zero attached hydrogens (tertiary/aromatic N) is 2. The number of benzene rings is 2. The number of fused-ring (bicyclic) bond motifs is 1. The van der Waals surface area contributed by atoms with Gasteiger partial charge in [-0.3, -0.25) is 4.79 Å². The Bertz CT molecular complexity index is 793. The van der Waals surface area contributed by atoms with Crippen molar-refractivity contribution in [2.24, 2.45) is 0 Å². The van der Waals surface area contributed by atoms with Gasteiger partial charge in [0, 0.05) is 19.4 Å². The van der Waals surface area contributed by atoms with Gasteiger partial charge in [0.2, 0.25) is 0 Å². The van der Waals surface area contributed by atoms with E-state index in [1.165, 1.54) is 5.56 Å². The average molecular weight is 308 g/mol. The molecule has 3 rings (SSSR count). The van der Waals surface area contributed by atoms with Crippen LogP contribution >= 0.6 is 0 Å². The number of aromatic nitrogens is 2. The smallest absolute Gasteiger partial charge is 0.303 e. The third-order valence-corrected chi connectivity index (χ3v) is 3.99. The largest absolute Gasteiger partial charge is 0.481 e. The van der Waals surface area contributed by atoms with E-state index in [-0.39, 0.29) is 6.42 Å². The molecule has 0 amide bonds. The van der Waals surface area contributed by atoms with Gasteiger partial charge in [-0.15, -0.1) is 0 Å². The molecule has 1 N–H and O–H groups in total. The molecule has 0 saturated carbocycles. The molecule has 118 valence electrons. The predicted octanol–water partition coefficient (Wildman–Crippen LogP) is 3.69. The second-order valence-electron chi connectivity index (χ2n) is 5.65. The Morgan fingerprint density at radius 3 is 2.52 bits per heavy atom. The zero-order valence-corrected chi connectivity index (χ0v) is 13.0. The molecule has 0 atom stereocenters. The number of carboxylic acid groups (broad SMARTS) is 1. The van der Waals surface area contributed by atoms with Gasteiger partial charge in [-0.25, -0.2) is 4.98 Å². The Labute approximate surface area is 135 Å². The summed E-state index contributed by atoms with van der Waals surface area (Å²) in [5, 5.41) is 8.85. The number of rotatable bonds is 7. The Hall–Kier alpha value is -2.62. The van der Waals surface area contributed by atoms with Gasteiger partial charge in [0.15, 0.2) is 0 Å². The summed E-state index contributed by atoms with van der Waals surface area (Å²) in [4.78, 5) is 15.5. The van der Waals surface area contributed by atoms with E-state index in [1.54, 1.807) is 0 Å². The Morgan fingerprint density at radius 1 is 1.00 bits per heavy atom. The number of carboxylic acids is 1. The summed E-state index contributed by atoms with van der Waals surface area (Å²) in [5.74, 6) is 0.278. The van der Waals surface area contributed by atoms with Gasteiger partial charge in [-0.1, -0.05) is 42.5 Å². The molecule has 4 nitrogen and oxygen atoms in total. The fourth-order valence-corrected chi connectivity index (χ4v) is 2.85. The molecule has 0 saturated heterocycles. The van der Waals surface area contributed by atoms with Crippen molar-refractivity contribution in [3.05, 3.63) is 66.0 Å². The number of aliphatic carboxylic acids is 1. The minimum Gasteiger partial charge on any atom is -0.481 e. The Kier molecular flexibility index (Phi) is 4.71. The van der Waals surface area contributed by atoms with Gasteiger partial charge in [0.25, 0.3) is 0 Å². The summed E-state index contributed by atoms with van der Waals surface area (Å²) in [7, 11) is 0. The molecule has 0 unspecified atom stereocenters. The Morgan fingerprint density at radius 2 is 1.74 bits per heavy atom. The van der Waals surface area contributed by atoms with Gasteiger partial charge in [-0.2, -0.15) is 0 Å². The van der Waals surface area contributed by atoms with Gasteiger partial charge in [0.1, 0.15) is 5.82 Å². The molecule has 4 heteroatoms. The van der Waals surface area contributed by atoms with Crippen LogP contribution in [0.3, 0.4) is 0 Å². The maximum absolute atomic E-state index is 10.8. The van der Waals surface area contributed by atoms with E-state index < -0.39 is 5.97 Å². The van der Waals surface area contributed by atoms with Gasteiger partial charge in [-0.05, 0) is 30.5 Å². The molecule has 0 spiro atoms. The normalized spacial score (nSPS) is 11.0. The minimum atomic E-state index is -0.750. The van der Waals surface area contributed by atoms with Crippen molar-refractivity contribution < 1.29 is 9.90 Å². The van der Waals surface area contributed by atoms with E-state index in [4.69, 9.17) is 10.1 Å². The van der Waals surface area contributed by atoms with E-state index in [1.807, 2.05) is 36.4 Å². The highest BCUT2D eigenvalue weighted by atomic mass is 16.4. The van der Waals surface area contributed by atoms with E-state index in [0.29, 0.717) is 13.0 Å². The van der Waals surface area contributed by atoms with Crippen LogP contribution in [0, 0.1) is 0 Å². The van der Waals surface area contributed by atoms with Gasteiger partial charge >= 0.3 is 5.97 Å². The summed E-state index contributed by atoms with van der Waals surface area (Å²) >= 11 is 0. The number of hydrogen-bond acceptors (Lipinski definition) is 2. The lowest BCUT2D eigenvalue weighted by Gasteiger charge is -2.08. The van der Waals surface area contributed by atoms with Crippen LogP contribution in [0.2, 0.25) is 0 Å². The molecule has 0 aliphatic heterocycles. The average Bonchev–Trinajstić information content (AvgIpc) is 2.92. The number of para-hydroxylation sites is 2. The summed E-state index contributed by atoms with van der Waals surface area (Å²) in [5.41, 5.74) is 3.35. The molecule has 0 aliphatic carbocycles. The fourth-order valence-electron chi connectivity index (χ4n) is 2.85. The zero-order valence-electron chi connectivity index (χ0n) is 13.0. The molecule has 0 radical (unpaired) electrons. The van der Waals surface area contributed by atoms with Crippen LogP contribution in [0.1, 0.15) is 24.2 Å². The van der Waals surface area contributed by atoms with E-state index in [2.05, 4.69) is 22.8 Å². The maximum Gasteiger partial charge on any atom is 0.303 e. The third kappa shape index (κ3) is 3.77. The fraction of sp³-hybridized carbons (Fsp3) is 0.263. The molecular formula is C19H20N2O2. The van der Waals surface area contributed by atoms with E-state index >= 15 is 0 Å². The molecule has 0 aliphatic rings. The summed E-state index contributed by atoms with van der Waals surface area (Å²) in [6, 6.07) is 18.4. The first-order chi connectivity index (χ1) is 11.2. The lowest BCUT2D eigenvalue weighted by Crippen LogP contribution is -2.07. The van der Waals surface area contributed by atoms with Crippen LogP contribution in [-0.2, 0) is 24.2 Å². The quantitative estimate of drug-likeness (QED) is 0.724. The molecular weight excluding hydrogens is 288 g/mol. The first kappa shape index (κ1) is 15.3. The monoisotopic (exact) mass is 308 g/mol. The third-order valence-electron chi connectivity index (χ3n) is 3.99. The minimum absolute atomic E-state index is 0.185. The number of hydrogen-bond donors (Lipinski definition) is 1. The number of imidazole rings is 1. The van der Waals surface area contributed by atoms with Crippen molar-refractivity contribution in [2.75, 3.05) is 0 Å².